The van der Waals surface area contributed by atoms with Crippen LogP contribution in [-0.2, 0) is 12.0 Å². The first kappa shape index (κ1) is 9.65. The summed E-state index contributed by atoms with van der Waals surface area (Å²) in [6, 6.07) is 2.01. The van der Waals surface area contributed by atoms with Crippen LogP contribution in [0.4, 0.5) is 0 Å². The van der Waals surface area contributed by atoms with Crippen molar-refractivity contribution < 1.29 is 5.11 Å². The fraction of sp³-hybridized carbons (Fsp3) is 0.556. The molecular formula is C9H12BrNOS. The van der Waals surface area contributed by atoms with Crippen molar-refractivity contribution in [1.29, 1.82) is 0 Å². The van der Waals surface area contributed by atoms with Gasteiger partial charge in [-0.1, -0.05) is 0 Å². The molecule has 2 nitrogen and oxygen atoms in total. The summed E-state index contributed by atoms with van der Waals surface area (Å²) in [4.78, 5) is 1.28. The molecule has 1 aliphatic carbocycles. The van der Waals surface area contributed by atoms with E-state index in [2.05, 4.69) is 15.9 Å². The fourth-order valence-corrected chi connectivity index (χ4v) is 3.70. The predicted molar refractivity (Wildman–Crippen MR) is 57.9 cm³/mol. The van der Waals surface area contributed by atoms with Crippen molar-refractivity contribution in [2.24, 2.45) is 5.73 Å². The molecule has 2 rings (SSSR count). The van der Waals surface area contributed by atoms with Gasteiger partial charge in [-0.2, -0.15) is 0 Å². The second-order valence-corrected chi connectivity index (χ2v) is 5.99. The minimum absolute atomic E-state index is 0.323. The fourth-order valence-electron chi connectivity index (χ4n) is 1.86. The van der Waals surface area contributed by atoms with Crippen LogP contribution in [0.25, 0.3) is 0 Å². The molecule has 13 heavy (non-hydrogen) atoms. The van der Waals surface area contributed by atoms with Gasteiger partial charge in [0.15, 0.2) is 0 Å². The Morgan fingerprint density at radius 3 is 3.15 bits per heavy atom. The largest absolute Gasteiger partial charge is 0.384 e. The van der Waals surface area contributed by atoms with E-state index in [-0.39, 0.29) is 0 Å². The zero-order valence-electron chi connectivity index (χ0n) is 7.22. The highest BCUT2D eigenvalue weighted by Gasteiger charge is 2.34. The van der Waals surface area contributed by atoms with Gasteiger partial charge in [0.25, 0.3) is 0 Å². The Labute approximate surface area is 89.9 Å². The van der Waals surface area contributed by atoms with E-state index in [1.165, 1.54) is 4.88 Å². The van der Waals surface area contributed by atoms with Gasteiger partial charge in [-0.3, -0.25) is 0 Å². The van der Waals surface area contributed by atoms with E-state index in [0.29, 0.717) is 6.54 Å². The number of nitrogens with two attached hydrogens (primary N) is 1. The van der Waals surface area contributed by atoms with Crippen molar-refractivity contribution >= 4 is 27.3 Å². The molecule has 1 atom stereocenters. The van der Waals surface area contributed by atoms with Crippen LogP contribution in [0.2, 0.25) is 0 Å². The molecule has 72 valence electrons. The molecule has 1 aromatic heterocycles. The molecule has 1 unspecified atom stereocenters. The maximum atomic E-state index is 10.2. The highest BCUT2D eigenvalue weighted by Crippen LogP contribution is 2.40. The van der Waals surface area contributed by atoms with Crippen molar-refractivity contribution in [2.45, 2.75) is 24.9 Å². The van der Waals surface area contributed by atoms with Crippen LogP contribution in [-0.4, -0.2) is 11.7 Å². The molecule has 1 aliphatic rings. The number of rotatable bonds is 1. The number of fused-ring (bicyclic) bond motifs is 1. The number of aryl methyl sites for hydroxylation is 1. The maximum absolute atomic E-state index is 10.2. The van der Waals surface area contributed by atoms with Gasteiger partial charge in [0.2, 0.25) is 0 Å². The lowest BCUT2D eigenvalue weighted by Gasteiger charge is -2.30. The number of halogens is 1. The van der Waals surface area contributed by atoms with Gasteiger partial charge >= 0.3 is 0 Å². The average molecular weight is 262 g/mol. The Morgan fingerprint density at radius 1 is 1.69 bits per heavy atom. The van der Waals surface area contributed by atoms with Gasteiger partial charge in [0, 0.05) is 11.4 Å². The Morgan fingerprint density at radius 2 is 2.46 bits per heavy atom. The lowest BCUT2D eigenvalue weighted by molar-refractivity contribution is 0.0288. The van der Waals surface area contributed by atoms with Crippen LogP contribution in [0, 0.1) is 0 Å². The molecule has 0 saturated heterocycles. The molecule has 4 heteroatoms. The maximum Gasteiger partial charge on any atom is 0.103 e. The van der Waals surface area contributed by atoms with Gasteiger partial charge in [0.05, 0.1) is 3.79 Å². The van der Waals surface area contributed by atoms with Crippen LogP contribution in [0.5, 0.6) is 0 Å². The third kappa shape index (κ3) is 1.56. The first-order valence-corrected chi connectivity index (χ1v) is 5.98. The Kier molecular flexibility index (Phi) is 2.49. The molecule has 0 spiro atoms. The molecule has 1 heterocycles. The summed E-state index contributed by atoms with van der Waals surface area (Å²) in [5.74, 6) is 0. The minimum Gasteiger partial charge on any atom is -0.384 e. The second kappa shape index (κ2) is 3.35. The number of thiophene rings is 1. The van der Waals surface area contributed by atoms with Crippen LogP contribution < -0.4 is 5.73 Å². The number of hydrogen-bond donors (Lipinski definition) is 2. The summed E-state index contributed by atoms with van der Waals surface area (Å²) in [5, 5.41) is 10.2. The van der Waals surface area contributed by atoms with E-state index in [0.717, 1.165) is 28.6 Å². The summed E-state index contributed by atoms with van der Waals surface area (Å²) >= 11 is 5.15. The van der Waals surface area contributed by atoms with Crippen LogP contribution >= 0.6 is 27.3 Å². The summed E-state index contributed by atoms with van der Waals surface area (Å²) < 4.78 is 1.09. The lowest BCUT2D eigenvalue weighted by Crippen LogP contribution is -2.37. The molecule has 0 aromatic carbocycles. The molecule has 0 bridgehead atoms. The molecule has 1 aromatic rings. The van der Waals surface area contributed by atoms with E-state index in [4.69, 9.17) is 5.73 Å². The summed E-state index contributed by atoms with van der Waals surface area (Å²) in [5.41, 5.74) is 5.87. The zero-order chi connectivity index (χ0) is 9.47. The lowest BCUT2D eigenvalue weighted by atomic mass is 9.83. The Bertz CT molecular complexity index is 325. The molecule has 0 amide bonds. The summed E-state index contributed by atoms with van der Waals surface area (Å²) in [6.45, 7) is 0.323. The third-order valence-electron chi connectivity index (χ3n) is 2.61. The second-order valence-electron chi connectivity index (χ2n) is 3.48. The summed E-state index contributed by atoms with van der Waals surface area (Å²) in [6.07, 6.45) is 2.90. The highest BCUT2D eigenvalue weighted by molar-refractivity contribution is 9.11. The van der Waals surface area contributed by atoms with Crippen LogP contribution in [0.1, 0.15) is 23.3 Å². The topological polar surface area (TPSA) is 46.2 Å². The molecule has 0 saturated carbocycles. The first-order valence-electron chi connectivity index (χ1n) is 4.37. The number of hydrogen-bond acceptors (Lipinski definition) is 3. The normalized spacial score (nSPS) is 27.3. The zero-order valence-corrected chi connectivity index (χ0v) is 9.62. The average Bonchev–Trinajstić information content (AvgIpc) is 2.48. The Hall–Kier alpha value is 0.100. The third-order valence-corrected chi connectivity index (χ3v) is 4.31. The molecule has 3 N–H and O–H groups in total. The minimum atomic E-state index is -0.768. The SMILES string of the molecule is NCC1(O)CCCc2sc(Br)cc21. The van der Waals surface area contributed by atoms with Crippen LogP contribution in [0.15, 0.2) is 9.85 Å². The molecule has 0 radical (unpaired) electrons. The van der Waals surface area contributed by atoms with Crippen molar-refractivity contribution in [1.82, 2.24) is 0 Å². The van der Waals surface area contributed by atoms with Crippen molar-refractivity contribution in [3.63, 3.8) is 0 Å². The van der Waals surface area contributed by atoms with Gasteiger partial charge in [-0.25, -0.2) is 0 Å². The standard InChI is InChI=1S/C9H12BrNOS/c10-8-4-6-7(13-8)2-1-3-9(6,12)5-11/h4,12H,1-3,5,11H2. The van der Waals surface area contributed by atoms with E-state index in [9.17, 15) is 5.11 Å². The van der Waals surface area contributed by atoms with E-state index < -0.39 is 5.60 Å². The molecule has 0 aliphatic heterocycles. The number of aliphatic hydroxyl groups is 1. The van der Waals surface area contributed by atoms with Gasteiger partial charge in [-0.15, -0.1) is 11.3 Å². The van der Waals surface area contributed by atoms with Gasteiger partial charge in [0.1, 0.15) is 5.60 Å². The Balaban J connectivity index is 2.47. The van der Waals surface area contributed by atoms with E-state index in [1.807, 2.05) is 6.07 Å². The van der Waals surface area contributed by atoms with E-state index in [1.54, 1.807) is 11.3 Å². The predicted octanol–water partition coefficient (Wildman–Crippen LogP) is 1.99. The first-order chi connectivity index (χ1) is 6.15. The van der Waals surface area contributed by atoms with Crippen molar-refractivity contribution in [3.05, 3.63) is 20.3 Å². The summed E-state index contributed by atoms with van der Waals surface area (Å²) in [7, 11) is 0. The van der Waals surface area contributed by atoms with Crippen molar-refractivity contribution in [2.75, 3.05) is 6.54 Å². The quantitative estimate of drug-likeness (QED) is 0.813. The van der Waals surface area contributed by atoms with E-state index >= 15 is 0 Å². The van der Waals surface area contributed by atoms with Crippen molar-refractivity contribution in [3.8, 4) is 0 Å². The molecular weight excluding hydrogens is 250 g/mol. The van der Waals surface area contributed by atoms with Gasteiger partial charge in [-0.05, 0) is 46.8 Å². The highest BCUT2D eigenvalue weighted by atomic mass is 79.9. The smallest absolute Gasteiger partial charge is 0.103 e. The van der Waals surface area contributed by atoms with Crippen LogP contribution in [0.3, 0.4) is 0 Å². The monoisotopic (exact) mass is 261 g/mol. The van der Waals surface area contributed by atoms with Gasteiger partial charge < -0.3 is 10.8 Å². The molecule has 0 fully saturated rings.